The molecule has 124 valence electrons. The fourth-order valence-electron chi connectivity index (χ4n) is 2.84. The number of methoxy groups -OCH3 is 1. The van der Waals surface area contributed by atoms with E-state index in [0.717, 1.165) is 38.4 Å². The number of hydrogen-bond acceptors (Lipinski definition) is 6. The number of imidazole rings is 1. The summed E-state index contributed by atoms with van der Waals surface area (Å²) in [5.74, 6) is 0.419. The van der Waals surface area contributed by atoms with Gasteiger partial charge in [-0.3, -0.25) is 9.69 Å². The van der Waals surface area contributed by atoms with Gasteiger partial charge >= 0.3 is 0 Å². The normalized spacial score (nSPS) is 15.9. The Balaban J connectivity index is 1.92. The molecule has 1 aromatic carbocycles. The van der Waals surface area contributed by atoms with E-state index in [1.54, 1.807) is 19.2 Å². The lowest BCUT2D eigenvalue weighted by molar-refractivity contribution is 0.0366. The van der Waals surface area contributed by atoms with Gasteiger partial charge in [0.15, 0.2) is 0 Å². The number of rotatable bonds is 5. The monoisotopic (exact) mass is 319 g/mol. The summed E-state index contributed by atoms with van der Waals surface area (Å²) in [6, 6.07) is 3.26. The Kier molecular flexibility index (Phi) is 4.35. The number of ether oxygens (including phenoxy) is 2. The predicted molar refractivity (Wildman–Crippen MR) is 86.5 cm³/mol. The highest BCUT2D eigenvalue weighted by atomic mass is 16.5. The molecule has 0 atom stereocenters. The number of nitrogen functional groups attached to an aromatic ring is 1. The van der Waals surface area contributed by atoms with Gasteiger partial charge in [0.2, 0.25) is 11.9 Å². The van der Waals surface area contributed by atoms with E-state index < -0.39 is 5.91 Å². The van der Waals surface area contributed by atoms with Crippen molar-refractivity contribution >= 4 is 22.9 Å². The molecule has 0 aliphatic carbocycles. The summed E-state index contributed by atoms with van der Waals surface area (Å²) in [4.78, 5) is 18.1. The number of nitrogens with two attached hydrogens (primary N) is 2. The highest BCUT2D eigenvalue weighted by molar-refractivity contribution is 5.98. The summed E-state index contributed by atoms with van der Waals surface area (Å²) in [7, 11) is 1.55. The minimum Gasteiger partial charge on any atom is -0.494 e. The van der Waals surface area contributed by atoms with Crippen molar-refractivity contribution in [2.75, 3.05) is 45.7 Å². The van der Waals surface area contributed by atoms with Gasteiger partial charge in [0, 0.05) is 31.7 Å². The van der Waals surface area contributed by atoms with Gasteiger partial charge in [-0.05, 0) is 12.1 Å². The lowest BCUT2D eigenvalue weighted by Crippen LogP contribution is -2.38. The van der Waals surface area contributed by atoms with E-state index >= 15 is 0 Å². The van der Waals surface area contributed by atoms with E-state index in [9.17, 15) is 4.79 Å². The quantitative estimate of drug-likeness (QED) is 0.806. The summed E-state index contributed by atoms with van der Waals surface area (Å²) in [5.41, 5.74) is 13.1. The number of amides is 1. The molecule has 3 rings (SSSR count). The van der Waals surface area contributed by atoms with Gasteiger partial charge in [0.1, 0.15) is 11.3 Å². The second kappa shape index (κ2) is 6.43. The Morgan fingerprint density at radius 1 is 1.35 bits per heavy atom. The Morgan fingerprint density at radius 2 is 2.09 bits per heavy atom. The molecule has 1 aliphatic rings. The molecule has 1 fully saturated rings. The van der Waals surface area contributed by atoms with Crippen LogP contribution in [0, 0.1) is 0 Å². The van der Waals surface area contributed by atoms with Crippen LogP contribution in [-0.4, -0.2) is 60.3 Å². The number of anilines is 1. The minimum atomic E-state index is -0.522. The molecule has 1 aliphatic heterocycles. The van der Waals surface area contributed by atoms with Crippen molar-refractivity contribution in [3.63, 3.8) is 0 Å². The first kappa shape index (κ1) is 15.6. The Labute approximate surface area is 133 Å². The van der Waals surface area contributed by atoms with Gasteiger partial charge in [-0.2, -0.15) is 0 Å². The van der Waals surface area contributed by atoms with Crippen molar-refractivity contribution in [2.24, 2.45) is 5.73 Å². The molecule has 2 heterocycles. The number of hydrogen-bond donors (Lipinski definition) is 2. The average molecular weight is 319 g/mol. The molecular formula is C15H21N5O3. The van der Waals surface area contributed by atoms with Crippen LogP contribution in [0.5, 0.6) is 5.75 Å². The fourth-order valence-corrected chi connectivity index (χ4v) is 2.84. The summed E-state index contributed by atoms with van der Waals surface area (Å²) in [5, 5.41) is 0. The number of primary amides is 1. The van der Waals surface area contributed by atoms with Gasteiger partial charge in [0.25, 0.3) is 0 Å². The maximum absolute atomic E-state index is 11.4. The molecule has 1 aromatic heterocycles. The van der Waals surface area contributed by atoms with Crippen molar-refractivity contribution < 1.29 is 14.3 Å². The molecule has 1 amide bonds. The highest BCUT2D eigenvalue weighted by Gasteiger charge is 2.17. The molecule has 0 radical (unpaired) electrons. The molecule has 23 heavy (non-hydrogen) atoms. The number of benzene rings is 1. The second-order valence-electron chi connectivity index (χ2n) is 5.49. The van der Waals surface area contributed by atoms with E-state index in [4.69, 9.17) is 20.9 Å². The van der Waals surface area contributed by atoms with Crippen LogP contribution in [0.3, 0.4) is 0 Å². The summed E-state index contributed by atoms with van der Waals surface area (Å²) in [6.45, 7) is 4.87. The van der Waals surface area contributed by atoms with Crippen LogP contribution in [0.1, 0.15) is 10.4 Å². The van der Waals surface area contributed by atoms with E-state index in [1.165, 1.54) is 0 Å². The predicted octanol–water partition coefficient (Wildman–Crippen LogP) is 0.0582. The molecule has 2 aromatic rings. The van der Waals surface area contributed by atoms with Gasteiger partial charge in [-0.15, -0.1) is 0 Å². The van der Waals surface area contributed by atoms with Gasteiger partial charge in [-0.25, -0.2) is 4.98 Å². The highest BCUT2D eigenvalue weighted by Crippen LogP contribution is 2.29. The van der Waals surface area contributed by atoms with Gasteiger partial charge in [-0.1, -0.05) is 0 Å². The van der Waals surface area contributed by atoms with Crippen molar-refractivity contribution in [1.29, 1.82) is 0 Å². The van der Waals surface area contributed by atoms with Crippen LogP contribution < -0.4 is 16.2 Å². The van der Waals surface area contributed by atoms with Gasteiger partial charge < -0.3 is 25.5 Å². The van der Waals surface area contributed by atoms with Crippen LogP contribution in [0.4, 0.5) is 5.95 Å². The molecule has 0 saturated carbocycles. The first-order chi connectivity index (χ1) is 11.1. The Bertz CT molecular complexity index is 721. The average Bonchev–Trinajstić information content (AvgIpc) is 2.88. The van der Waals surface area contributed by atoms with E-state index in [2.05, 4.69) is 9.88 Å². The van der Waals surface area contributed by atoms with Crippen molar-refractivity contribution in [1.82, 2.24) is 14.5 Å². The Morgan fingerprint density at radius 3 is 2.74 bits per heavy atom. The first-order valence-corrected chi connectivity index (χ1v) is 7.54. The molecule has 0 unspecified atom stereocenters. The number of aromatic nitrogens is 2. The number of carbonyl (C=O) groups is 1. The van der Waals surface area contributed by atoms with Crippen LogP contribution in [0.2, 0.25) is 0 Å². The van der Waals surface area contributed by atoms with E-state index in [-0.39, 0.29) is 0 Å². The zero-order chi connectivity index (χ0) is 16.4. The summed E-state index contributed by atoms with van der Waals surface area (Å²) >= 11 is 0. The molecule has 1 saturated heterocycles. The maximum atomic E-state index is 11.4. The van der Waals surface area contributed by atoms with Crippen LogP contribution in [0.15, 0.2) is 12.1 Å². The maximum Gasteiger partial charge on any atom is 0.248 e. The van der Waals surface area contributed by atoms with Crippen molar-refractivity contribution in [3.05, 3.63) is 17.7 Å². The fraction of sp³-hybridized carbons (Fsp3) is 0.467. The van der Waals surface area contributed by atoms with Crippen molar-refractivity contribution in [3.8, 4) is 5.75 Å². The molecule has 0 bridgehead atoms. The zero-order valence-corrected chi connectivity index (χ0v) is 13.1. The molecular weight excluding hydrogens is 298 g/mol. The standard InChI is InChI=1S/C15H21N5O3/c1-22-12-9-10(14(16)21)8-11-13(12)20(15(17)18-11)3-2-19-4-6-23-7-5-19/h8-9H,2-7H2,1H3,(H2,16,21)(H2,17,18). The molecule has 8 heteroatoms. The van der Waals surface area contributed by atoms with Crippen LogP contribution in [0.25, 0.3) is 11.0 Å². The molecule has 8 nitrogen and oxygen atoms in total. The number of fused-ring (bicyclic) bond motifs is 1. The SMILES string of the molecule is COc1cc(C(N)=O)cc2nc(N)n(CCN3CCOCC3)c12. The number of morpholine rings is 1. The van der Waals surface area contributed by atoms with Crippen LogP contribution in [-0.2, 0) is 11.3 Å². The lowest BCUT2D eigenvalue weighted by atomic mass is 10.1. The largest absolute Gasteiger partial charge is 0.494 e. The lowest BCUT2D eigenvalue weighted by Gasteiger charge is -2.26. The second-order valence-corrected chi connectivity index (χ2v) is 5.49. The zero-order valence-electron chi connectivity index (χ0n) is 13.1. The van der Waals surface area contributed by atoms with Gasteiger partial charge in [0.05, 0.1) is 25.8 Å². The molecule has 0 spiro atoms. The third kappa shape index (κ3) is 3.08. The smallest absolute Gasteiger partial charge is 0.248 e. The molecule has 4 N–H and O–H groups in total. The summed E-state index contributed by atoms with van der Waals surface area (Å²) in [6.07, 6.45) is 0. The minimum absolute atomic E-state index is 0.354. The Hall–Kier alpha value is -2.32. The van der Waals surface area contributed by atoms with E-state index in [1.807, 2.05) is 4.57 Å². The third-order valence-electron chi connectivity index (χ3n) is 4.08. The number of nitrogens with zero attached hydrogens (tertiary/aromatic N) is 3. The summed E-state index contributed by atoms with van der Waals surface area (Å²) < 4.78 is 12.7. The number of carbonyl (C=O) groups excluding carboxylic acids is 1. The third-order valence-corrected chi connectivity index (χ3v) is 4.08. The topological polar surface area (TPSA) is 109 Å². The van der Waals surface area contributed by atoms with Crippen molar-refractivity contribution in [2.45, 2.75) is 6.54 Å². The van der Waals surface area contributed by atoms with E-state index in [0.29, 0.717) is 29.3 Å². The first-order valence-electron chi connectivity index (χ1n) is 7.54. The van der Waals surface area contributed by atoms with Crippen LogP contribution >= 0.6 is 0 Å².